The molecule has 0 aromatic carbocycles. The zero-order valence-electron chi connectivity index (χ0n) is 8.09. The Morgan fingerprint density at radius 2 is 2.36 bits per heavy atom. The van der Waals surface area contributed by atoms with Crippen molar-refractivity contribution in [1.82, 2.24) is 10.3 Å². The fraction of sp³-hybridized carbons (Fsp3) is 0.500. The second-order valence-corrected chi connectivity index (χ2v) is 4.43. The van der Waals surface area contributed by atoms with Gasteiger partial charge >= 0.3 is 0 Å². The van der Waals surface area contributed by atoms with Crippen LogP contribution in [0, 0.1) is 0 Å². The molecule has 0 spiro atoms. The standard InChI is InChI=1S/C10H13BrN2O/c1-14-10(6-12-7-10)5-8-3-2-4-9(11)13-8/h2-4,12H,5-7H2,1H3. The van der Waals surface area contributed by atoms with Crippen molar-refractivity contribution in [1.29, 1.82) is 0 Å². The van der Waals surface area contributed by atoms with Crippen molar-refractivity contribution >= 4 is 15.9 Å². The Morgan fingerprint density at radius 3 is 2.86 bits per heavy atom. The number of aromatic nitrogens is 1. The topological polar surface area (TPSA) is 34.1 Å². The Kier molecular flexibility index (Phi) is 2.85. The number of ether oxygens (including phenoxy) is 1. The van der Waals surface area contributed by atoms with Crippen LogP contribution >= 0.6 is 15.9 Å². The molecule has 0 unspecified atom stereocenters. The van der Waals surface area contributed by atoms with Crippen LogP contribution in [0.2, 0.25) is 0 Å². The van der Waals surface area contributed by atoms with Crippen molar-refractivity contribution in [3.63, 3.8) is 0 Å². The minimum atomic E-state index is -0.0339. The molecule has 14 heavy (non-hydrogen) atoms. The molecule has 0 bridgehead atoms. The van der Waals surface area contributed by atoms with E-state index in [4.69, 9.17) is 4.74 Å². The Bertz CT molecular complexity index is 320. The minimum Gasteiger partial charge on any atom is -0.375 e. The van der Waals surface area contributed by atoms with Crippen LogP contribution in [0.5, 0.6) is 0 Å². The third kappa shape index (κ3) is 1.97. The third-order valence-electron chi connectivity index (χ3n) is 2.60. The average Bonchev–Trinajstić information content (AvgIpc) is 2.11. The Hall–Kier alpha value is -0.450. The van der Waals surface area contributed by atoms with E-state index in [9.17, 15) is 0 Å². The zero-order chi connectivity index (χ0) is 10.0. The molecular formula is C10H13BrN2O. The summed E-state index contributed by atoms with van der Waals surface area (Å²) in [5.41, 5.74) is 1.04. The number of pyridine rings is 1. The SMILES string of the molecule is COC1(Cc2cccc(Br)n2)CNC1. The highest BCUT2D eigenvalue weighted by Gasteiger charge is 2.37. The fourth-order valence-electron chi connectivity index (χ4n) is 1.62. The largest absolute Gasteiger partial charge is 0.375 e. The molecule has 0 saturated carbocycles. The lowest BCUT2D eigenvalue weighted by Crippen LogP contribution is -2.62. The van der Waals surface area contributed by atoms with Gasteiger partial charge in [0.05, 0.1) is 5.60 Å². The molecule has 2 rings (SSSR count). The number of methoxy groups -OCH3 is 1. The average molecular weight is 257 g/mol. The normalized spacial score (nSPS) is 19.0. The van der Waals surface area contributed by atoms with Gasteiger partial charge in [0.1, 0.15) is 4.60 Å². The maximum absolute atomic E-state index is 5.50. The lowest BCUT2D eigenvalue weighted by Gasteiger charge is -2.41. The van der Waals surface area contributed by atoms with Gasteiger partial charge in [-0.05, 0) is 28.1 Å². The molecule has 1 aliphatic rings. The highest BCUT2D eigenvalue weighted by Crippen LogP contribution is 2.21. The van der Waals surface area contributed by atoms with E-state index < -0.39 is 0 Å². The molecule has 0 amide bonds. The smallest absolute Gasteiger partial charge is 0.106 e. The minimum absolute atomic E-state index is 0.0339. The van der Waals surface area contributed by atoms with E-state index in [2.05, 4.69) is 26.2 Å². The maximum Gasteiger partial charge on any atom is 0.106 e. The monoisotopic (exact) mass is 256 g/mol. The van der Waals surface area contributed by atoms with Gasteiger partial charge in [-0.15, -0.1) is 0 Å². The van der Waals surface area contributed by atoms with Gasteiger partial charge in [0.15, 0.2) is 0 Å². The summed E-state index contributed by atoms with van der Waals surface area (Å²) in [5.74, 6) is 0. The molecule has 76 valence electrons. The lowest BCUT2D eigenvalue weighted by atomic mass is 9.91. The molecular weight excluding hydrogens is 244 g/mol. The van der Waals surface area contributed by atoms with Crippen molar-refractivity contribution < 1.29 is 4.74 Å². The van der Waals surface area contributed by atoms with E-state index in [1.54, 1.807) is 7.11 Å². The van der Waals surface area contributed by atoms with Gasteiger partial charge in [-0.1, -0.05) is 6.07 Å². The summed E-state index contributed by atoms with van der Waals surface area (Å²) in [6, 6.07) is 5.97. The molecule has 0 atom stereocenters. The Labute approximate surface area is 92.0 Å². The molecule has 1 saturated heterocycles. The van der Waals surface area contributed by atoms with Gasteiger partial charge < -0.3 is 10.1 Å². The van der Waals surface area contributed by atoms with Gasteiger partial charge in [0, 0.05) is 32.3 Å². The number of hydrogen-bond acceptors (Lipinski definition) is 3. The van der Waals surface area contributed by atoms with Crippen LogP contribution < -0.4 is 5.32 Å². The van der Waals surface area contributed by atoms with E-state index in [-0.39, 0.29) is 5.60 Å². The van der Waals surface area contributed by atoms with Crippen LogP contribution in [0.1, 0.15) is 5.69 Å². The Morgan fingerprint density at radius 1 is 1.57 bits per heavy atom. The van der Waals surface area contributed by atoms with Crippen molar-refractivity contribution in [2.24, 2.45) is 0 Å². The fourth-order valence-corrected chi connectivity index (χ4v) is 2.00. The molecule has 4 heteroatoms. The number of nitrogens with one attached hydrogen (secondary N) is 1. The van der Waals surface area contributed by atoms with Gasteiger partial charge in [-0.3, -0.25) is 0 Å². The molecule has 1 aromatic heterocycles. The first-order valence-corrected chi connectivity index (χ1v) is 5.41. The molecule has 1 N–H and O–H groups in total. The predicted molar refractivity (Wildman–Crippen MR) is 58.3 cm³/mol. The summed E-state index contributed by atoms with van der Waals surface area (Å²) in [6.07, 6.45) is 0.871. The van der Waals surface area contributed by atoms with Crippen molar-refractivity contribution in [3.8, 4) is 0 Å². The van der Waals surface area contributed by atoms with Gasteiger partial charge in [-0.2, -0.15) is 0 Å². The molecule has 0 radical (unpaired) electrons. The highest BCUT2D eigenvalue weighted by atomic mass is 79.9. The lowest BCUT2D eigenvalue weighted by molar-refractivity contribution is -0.0508. The second kappa shape index (κ2) is 3.96. The van der Waals surface area contributed by atoms with E-state index in [0.717, 1.165) is 29.8 Å². The third-order valence-corrected chi connectivity index (χ3v) is 3.05. The Balaban J connectivity index is 2.09. The molecule has 1 aliphatic heterocycles. The summed E-state index contributed by atoms with van der Waals surface area (Å²) in [4.78, 5) is 4.40. The van der Waals surface area contributed by atoms with Crippen LogP contribution in [0.15, 0.2) is 22.8 Å². The number of hydrogen-bond donors (Lipinski definition) is 1. The molecule has 1 fully saturated rings. The van der Waals surface area contributed by atoms with Crippen LogP contribution in [0.3, 0.4) is 0 Å². The van der Waals surface area contributed by atoms with Gasteiger partial charge in [0.25, 0.3) is 0 Å². The van der Waals surface area contributed by atoms with Crippen molar-refractivity contribution in [2.45, 2.75) is 12.0 Å². The zero-order valence-corrected chi connectivity index (χ0v) is 9.67. The summed E-state index contributed by atoms with van der Waals surface area (Å²) >= 11 is 3.36. The first-order valence-electron chi connectivity index (χ1n) is 4.61. The first-order chi connectivity index (χ1) is 6.74. The van der Waals surface area contributed by atoms with Crippen LogP contribution in [0.4, 0.5) is 0 Å². The first kappa shape index (κ1) is 10.1. The van der Waals surface area contributed by atoms with Crippen LogP contribution in [0.25, 0.3) is 0 Å². The summed E-state index contributed by atoms with van der Waals surface area (Å²) in [5, 5.41) is 3.22. The summed E-state index contributed by atoms with van der Waals surface area (Å²) in [6.45, 7) is 1.83. The van der Waals surface area contributed by atoms with E-state index in [0.29, 0.717) is 0 Å². The van der Waals surface area contributed by atoms with Crippen molar-refractivity contribution in [2.75, 3.05) is 20.2 Å². The van der Waals surface area contributed by atoms with Gasteiger partial charge in [-0.25, -0.2) is 4.98 Å². The summed E-state index contributed by atoms with van der Waals surface area (Å²) < 4.78 is 6.38. The number of nitrogens with zero attached hydrogens (tertiary/aromatic N) is 1. The van der Waals surface area contributed by atoms with E-state index in [1.807, 2.05) is 18.2 Å². The molecule has 1 aromatic rings. The second-order valence-electron chi connectivity index (χ2n) is 3.62. The van der Waals surface area contributed by atoms with Crippen LogP contribution in [-0.4, -0.2) is 30.8 Å². The van der Waals surface area contributed by atoms with Crippen molar-refractivity contribution in [3.05, 3.63) is 28.5 Å². The molecule has 0 aliphatic carbocycles. The predicted octanol–water partition coefficient (Wildman–Crippen LogP) is 1.38. The molecule has 2 heterocycles. The maximum atomic E-state index is 5.50. The van der Waals surface area contributed by atoms with Crippen LogP contribution in [-0.2, 0) is 11.2 Å². The molecule has 3 nitrogen and oxygen atoms in total. The number of halogens is 1. The summed E-state index contributed by atoms with van der Waals surface area (Å²) in [7, 11) is 1.76. The highest BCUT2D eigenvalue weighted by molar-refractivity contribution is 9.10. The van der Waals surface area contributed by atoms with E-state index >= 15 is 0 Å². The quantitative estimate of drug-likeness (QED) is 0.830. The number of rotatable bonds is 3. The van der Waals surface area contributed by atoms with Gasteiger partial charge in [0.2, 0.25) is 0 Å². The van der Waals surface area contributed by atoms with E-state index in [1.165, 1.54) is 0 Å².